The quantitative estimate of drug-likeness (QED) is 0.820. The molecule has 2 aliphatic rings. The summed E-state index contributed by atoms with van der Waals surface area (Å²) in [7, 11) is 0. The summed E-state index contributed by atoms with van der Waals surface area (Å²) in [5.74, 6) is 0.0943. The molecule has 2 nitrogen and oxygen atoms in total. The molecule has 1 aliphatic heterocycles. The van der Waals surface area contributed by atoms with Gasteiger partial charge in [-0.1, -0.05) is 0 Å². The number of carbonyl (C=O) groups is 1. The maximum absolute atomic E-state index is 12.9. The number of carbonyl (C=O) groups excluding carboxylic acids is 1. The molecule has 4 heteroatoms. The van der Waals surface area contributed by atoms with Crippen LogP contribution in [-0.4, -0.2) is 22.1 Å². The second kappa shape index (κ2) is 4.50. The van der Waals surface area contributed by atoms with Crippen molar-refractivity contribution in [3.05, 3.63) is 35.6 Å². The summed E-state index contributed by atoms with van der Waals surface area (Å²) in [6, 6.07) is 6.55. The molecule has 1 aromatic carbocycles. The standard InChI is InChI=1S/C14H14FNOS/c1-8(17)11-6-7-12-13(11)16-14(18-12)9-2-4-10(15)5-3-9/h2-5,11-13H,6-7H2,1H3. The van der Waals surface area contributed by atoms with Gasteiger partial charge in [0.15, 0.2) is 0 Å². The van der Waals surface area contributed by atoms with Gasteiger partial charge in [0.25, 0.3) is 0 Å². The van der Waals surface area contributed by atoms with Crippen LogP contribution in [0.15, 0.2) is 29.3 Å². The maximum Gasteiger partial charge on any atom is 0.135 e. The Morgan fingerprint density at radius 2 is 2.06 bits per heavy atom. The zero-order valence-corrected chi connectivity index (χ0v) is 10.9. The smallest absolute Gasteiger partial charge is 0.135 e. The Labute approximate surface area is 110 Å². The lowest BCUT2D eigenvalue weighted by atomic mass is 10.00. The number of thioether (sulfide) groups is 1. The number of ketones is 1. The number of aliphatic imine (C=N–C) groups is 1. The van der Waals surface area contributed by atoms with Crippen LogP contribution in [0.25, 0.3) is 0 Å². The zero-order chi connectivity index (χ0) is 12.7. The fraction of sp³-hybridized carbons (Fsp3) is 0.429. The first-order chi connectivity index (χ1) is 8.65. The van der Waals surface area contributed by atoms with Gasteiger partial charge in [-0.05, 0) is 44.0 Å². The monoisotopic (exact) mass is 263 g/mol. The second-order valence-corrected chi connectivity index (χ2v) is 6.11. The fourth-order valence-corrected chi connectivity index (χ4v) is 4.12. The van der Waals surface area contributed by atoms with Crippen molar-refractivity contribution in [2.75, 3.05) is 0 Å². The molecule has 0 saturated heterocycles. The van der Waals surface area contributed by atoms with Crippen molar-refractivity contribution in [1.82, 2.24) is 0 Å². The lowest BCUT2D eigenvalue weighted by Crippen LogP contribution is -2.22. The van der Waals surface area contributed by atoms with Crippen LogP contribution in [0, 0.1) is 11.7 Å². The molecule has 0 amide bonds. The minimum absolute atomic E-state index is 0.0837. The van der Waals surface area contributed by atoms with Crippen LogP contribution in [-0.2, 0) is 4.79 Å². The summed E-state index contributed by atoms with van der Waals surface area (Å²) in [4.78, 5) is 16.2. The summed E-state index contributed by atoms with van der Waals surface area (Å²) >= 11 is 1.74. The molecule has 1 heterocycles. The molecule has 18 heavy (non-hydrogen) atoms. The van der Waals surface area contributed by atoms with Gasteiger partial charge in [-0.3, -0.25) is 9.79 Å². The first-order valence-corrected chi connectivity index (χ1v) is 7.04. The summed E-state index contributed by atoms with van der Waals surface area (Å²) in [6.45, 7) is 1.66. The molecule has 1 aliphatic carbocycles. The highest BCUT2D eigenvalue weighted by Gasteiger charge is 2.43. The predicted molar refractivity (Wildman–Crippen MR) is 71.5 cm³/mol. The average molecular weight is 263 g/mol. The first kappa shape index (κ1) is 11.9. The van der Waals surface area contributed by atoms with Gasteiger partial charge in [-0.25, -0.2) is 4.39 Å². The third-order valence-electron chi connectivity index (χ3n) is 3.70. The third-order valence-corrected chi connectivity index (χ3v) is 5.08. The lowest BCUT2D eigenvalue weighted by molar-refractivity contribution is -0.120. The van der Waals surface area contributed by atoms with E-state index in [0.29, 0.717) is 5.25 Å². The molecule has 3 rings (SSSR count). The van der Waals surface area contributed by atoms with Crippen molar-refractivity contribution < 1.29 is 9.18 Å². The molecule has 0 aromatic heterocycles. The van der Waals surface area contributed by atoms with Crippen LogP contribution in [0.3, 0.4) is 0 Å². The van der Waals surface area contributed by atoms with Crippen molar-refractivity contribution in [2.24, 2.45) is 10.9 Å². The molecular weight excluding hydrogens is 249 g/mol. The van der Waals surface area contributed by atoms with E-state index in [2.05, 4.69) is 4.99 Å². The average Bonchev–Trinajstić information content (AvgIpc) is 2.88. The van der Waals surface area contributed by atoms with Crippen LogP contribution in [0.4, 0.5) is 4.39 Å². The summed E-state index contributed by atoms with van der Waals surface area (Å²) in [6.07, 6.45) is 2.01. The summed E-state index contributed by atoms with van der Waals surface area (Å²) in [5.41, 5.74) is 0.957. The molecule has 0 N–H and O–H groups in total. The highest BCUT2D eigenvalue weighted by molar-refractivity contribution is 8.15. The molecule has 1 fully saturated rings. The second-order valence-electron chi connectivity index (χ2n) is 4.88. The molecule has 0 bridgehead atoms. The normalized spacial score (nSPS) is 30.1. The largest absolute Gasteiger partial charge is 0.300 e. The Bertz CT molecular complexity index is 511. The van der Waals surface area contributed by atoms with E-state index in [1.54, 1.807) is 30.8 Å². The molecule has 3 unspecified atom stereocenters. The van der Waals surface area contributed by atoms with Crippen LogP contribution < -0.4 is 0 Å². The lowest BCUT2D eigenvalue weighted by Gasteiger charge is -2.11. The highest BCUT2D eigenvalue weighted by Crippen LogP contribution is 2.43. The number of Topliss-reactive ketones (excluding diaryl/α,β-unsaturated/α-hetero) is 1. The predicted octanol–water partition coefficient (Wildman–Crippen LogP) is 3.06. The number of halogens is 1. The van der Waals surface area contributed by atoms with Gasteiger partial charge in [-0.15, -0.1) is 11.8 Å². The molecule has 1 saturated carbocycles. The topological polar surface area (TPSA) is 29.4 Å². The Kier molecular flexibility index (Phi) is 2.98. The SMILES string of the molecule is CC(=O)C1CCC2SC(c3ccc(F)cc3)=NC21. The number of rotatable bonds is 2. The fourth-order valence-electron chi connectivity index (χ4n) is 2.73. The van der Waals surface area contributed by atoms with E-state index in [1.807, 2.05) is 0 Å². The van der Waals surface area contributed by atoms with E-state index in [4.69, 9.17) is 0 Å². The van der Waals surface area contributed by atoms with Crippen molar-refractivity contribution in [2.45, 2.75) is 31.1 Å². The van der Waals surface area contributed by atoms with Gasteiger partial charge in [0.05, 0.1) is 11.1 Å². The Hall–Kier alpha value is -1.16. The van der Waals surface area contributed by atoms with Gasteiger partial charge < -0.3 is 0 Å². The molecule has 94 valence electrons. The van der Waals surface area contributed by atoms with Crippen LogP contribution in [0.1, 0.15) is 25.3 Å². The number of fused-ring (bicyclic) bond motifs is 1. The minimum atomic E-state index is -0.232. The van der Waals surface area contributed by atoms with E-state index in [-0.39, 0.29) is 23.6 Å². The zero-order valence-electron chi connectivity index (χ0n) is 10.1. The number of benzene rings is 1. The van der Waals surface area contributed by atoms with Crippen molar-refractivity contribution in [3.8, 4) is 0 Å². The molecule has 1 aromatic rings. The third kappa shape index (κ3) is 1.99. The Morgan fingerprint density at radius 1 is 1.33 bits per heavy atom. The maximum atomic E-state index is 12.9. The molecular formula is C14H14FNOS. The van der Waals surface area contributed by atoms with Gasteiger partial charge in [0.1, 0.15) is 11.6 Å². The van der Waals surface area contributed by atoms with E-state index >= 15 is 0 Å². The van der Waals surface area contributed by atoms with Crippen molar-refractivity contribution >= 4 is 22.6 Å². The van der Waals surface area contributed by atoms with Crippen molar-refractivity contribution in [3.63, 3.8) is 0 Å². The summed E-state index contributed by atoms with van der Waals surface area (Å²) < 4.78 is 12.9. The number of hydrogen-bond acceptors (Lipinski definition) is 3. The van der Waals surface area contributed by atoms with Gasteiger partial charge >= 0.3 is 0 Å². The number of nitrogens with zero attached hydrogens (tertiary/aromatic N) is 1. The first-order valence-electron chi connectivity index (χ1n) is 6.16. The van der Waals surface area contributed by atoms with E-state index in [1.165, 1.54) is 12.1 Å². The van der Waals surface area contributed by atoms with E-state index in [0.717, 1.165) is 23.4 Å². The van der Waals surface area contributed by atoms with E-state index in [9.17, 15) is 9.18 Å². The van der Waals surface area contributed by atoms with Crippen LogP contribution >= 0.6 is 11.8 Å². The highest BCUT2D eigenvalue weighted by atomic mass is 32.2. The minimum Gasteiger partial charge on any atom is -0.300 e. The summed E-state index contributed by atoms with van der Waals surface area (Å²) in [5, 5.41) is 1.38. The Balaban J connectivity index is 1.86. The molecule has 0 spiro atoms. The van der Waals surface area contributed by atoms with Crippen molar-refractivity contribution in [1.29, 1.82) is 0 Å². The van der Waals surface area contributed by atoms with Crippen LogP contribution in [0.5, 0.6) is 0 Å². The molecule has 3 atom stereocenters. The van der Waals surface area contributed by atoms with Crippen LogP contribution in [0.2, 0.25) is 0 Å². The Morgan fingerprint density at radius 3 is 2.72 bits per heavy atom. The molecule has 0 radical (unpaired) electrons. The van der Waals surface area contributed by atoms with Gasteiger partial charge in [-0.2, -0.15) is 0 Å². The van der Waals surface area contributed by atoms with E-state index < -0.39 is 0 Å². The van der Waals surface area contributed by atoms with Gasteiger partial charge in [0.2, 0.25) is 0 Å². The number of hydrogen-bond donors (Lipinski definition) is 0. The van der Waals surface area contributed by atoms with Gasteiger partial charge in [0, 0.05) is 16.7 Å².